The molecule has 1 N–H and O–H groups in total. The normalized spacial score (nSPS) is 26.8. The molecule has 1 aromatic rings. The number of aliphatic hydroxyl groups excluding tert-OH is 1. The molecule has 1 aromatic carbocycles. The Morgan fingerprint density at radius 1 is 1.20 bits per heavy atom. The minimum absolute atomic E-state index is 0.0369. The fourth-order valence-corrected chi connectivity index (χ4v) is 3.10. The molecule has 0 amide bonds. The van der Waals surface area contributed by atoms with Crippen molar-refractivity contribution < 1.29 is 9.84 Å². The highest BCUT2D eigenvalue weighted by atomic mass is 16.5. The van der Waals surface area contributed by atoms with E-state index >= 15 is 0 Å². The van der Waals surface area contributed by atoms with Gasteiger partial charge in [0.05, 0.1) is 6.10 Å². The predicted molar refractivity (Wildman–Crippen MR) is 83.2 cm³/mol. The molecule has 2 heteroatoms. The Balaban J connectivity index is 1.96. The van der Waals surface area contributed by atoms with Crippen molar-refractivity contribution in [2.75, 3.05) is 0 Å². The van der Waals surface area contributed by atoms with Gasteiger partial charge in [-0.25, -0.2) is 0 Å². The summed E-state index contributed by atoms with van der Waals surface area (Å²) in [5.41, 5.74) is 1.32. The van der Waals surface area contributed by atoms with E-state index in [1.807, 2.05) is 12.1 Å². The fraction of sp³-hybridized carbons (Fsp3) is 0.667. The van der Waals surface area contributed by atoms with Crippen LogP contribution in [0.3, 0.4) is 0 Å². The first-order valence-electron chi connectivity index (χ1n) is 8.04. The summed E-state index contributed by atoms with van der Waals surface area (Å²) in [5.74, 6) is 2.14. The largest absolute Gasteiger partial charge is 0.488 e. The standard InChI is InChI=1S/C18H28O2/c1-4-5-14-6-11-17(19)18(12-14)20-16-9-7-15(8-10-16)13(2)3/h7-10,13-14,17-19H,4-6,11-12H2,1-3H3. The van der Waals surface area contributed by atoms with Crippen LogP contribution >= 0.6 is 0 Å². The molecule has 0 heterocycles. The summed E-state index contributed by atoms with van der Waals surface area (Å²) in [6.07, 6.45) is 5.12. The highest BCUT2D eigenvalue weighted by Gasteiger charge is 2.30. The number of hydrogen-bond acceptors (Lipinski definition) is 2. The van der Waals surface area contributed by atoms with Crippen LogP contribution in [0.2, 0.25) is 0 Å². The van der Waals surface area contributed by atoms with Gasteiger partial charge in [0.25, 0.3) is 0 Å². The number of rotatable bonds is 5. The second kappa shape index (κ2) is 7.12. The Hall–Kier alpha value is -1.02. The Bertz CT molecular complexity index is 396. The SMILES string of the molecule is CCCC1CCC(O)C(Oc2ccc(C(C)C)cc2)C1. The summed E-state index contributed by atoms with van der Waals surface area (Å²) in [6, 6.07) is 8.31. The van der Waals surface area contributed by atoms with Crippen molar-refractivity contribution in [1.82, 2.24) is 0 Å². The van der Waals surface area contributed by atoms with Gasteiger partial charge < -0.3 is 9.84 Å². The van der Waals surface area contributed by atoms with Crippen LogP contribution in [0.1, 0.15) is 64.4 Å². The Kier molecular flexibility index (Phi) is 5.47. The number of aliphatic hydroxyl groups is 1. The van der Waals surface area contributed by atoms with E-state index in [1.54, 1.807) is 0 Å². The molecule has 0 saturated heterocycles. The van der Waals surface area contributed by atoms with Gasteiger partial charge in [0.15, 0.2) is 0 Å². The summed E-state index contributed by atoms with van der Waals surface area (Å²) in [7, 11) is 0. The average molecular weight is 276 g/mol. The highest BCUT2D eigenvalue weighted by Crippen LogP contribution is 2.31. The zero-order valence-electron chi connectivity index (χ0n) is 13.0. The third-order valence-electron chi connectivity index (χ3n) is 4.40. The summed E-state index contributed by atoms with van der Waals surface area (Å²) in [6.45, 7) is 6.61. The van der Waals surface area contributed by atoms with E-state index in [9.17, 15) is 5.11 Å². The van der Waals surface area contributed by atoms with Gasteiger partial charge in [-0.05, 0) is 48.8 Å². The zero-order chi connectivity index (χ0) is 14.5. The van der Waals surface area contributed by atoms with Gasteiger partial charge in [-0.15, -0.1) is 0 Å². The van der Waals surface area contributed by atoms with E-state index in [0.717, 1.165) is 25.0 Å². The van der Waals surface area contributed by atoms with Gasteiger partial charge in [-0.1, -0.05) is 45.7 Å². The molecule has 0 aromatic heterocycles. The molecular formula is C18H28O2. The maximum atomic E-state index is 10.1. The molecule has 0 radical (unpaired) electrons. The smallest absolute Gasteiger partial charge is 0.125 e. The lowest BCUT2D eigenvalue weighted by Crippen LogP contribution is -2.38. The molecule has 1 saturated carbocycles. The molecule has 1 aliphatic rings. The first kappa shape index (κ1) is 15.4. The van der Waals surface area contributed by atoms with Gasteiger partial charge >= 0.3 is 0 Å². The lowest BCUT2D eigenvalue weighted by molar-refractivity contribution is -0.0117. The van der Waals surface area contributed by atoms with Crippen LogP contribution in [0.25, 0.3) is 0 Å². The maximum absolute atomic E-state index is 10.1. The predicted octanol–water partition coefficient (Wildman–Crippen LogP) is 4.52. The van der Waals surface area contributed by atoms with Crippen LogP contribution in [-0.4, -0.2) is 17.3 Å². The first-order valence-corrected chi connectivity index (χ1v) is 8.04. The molecule has 0 aliphatic heterocycles. The zero-order valence-corrected chi connectivity index (χ0v) is 13.0. The first-order chi connectivity index (χ1) is 9.60. The van der Waals surface area contributed by atoms with Gasteiger partial charge in [0, 0.05) is 0 Å². The second-order valence-corrected chi connectivity index (χ2v) is 6.42. The summed E-state index contributed by atoms with van der Waals surface area (Å²) < 4.78 is 6.03. The molecule has 20 heavy (non-hydrogen) atoms. The van der Waals surface area contributed by atoms with Gasteiger partial charge in [-0.3, -0.25) is 0 Å². The summed E-state index contributed by atoms with van der Waals surface area (Å²) in [5, 5.41) is 10.1. The molecule has 0 spiro atoms. The monoisotopic (exact) mass is 276 g/mol. The fourth-order valence-electron chi connectivity index (χ4n) is 3.10. The van der Waals surface area contributed by atoms with Crippen molar-refractivity contribution in [1.29, 1.82) is 0 Å². The van der Waals surface area contributed by atoms with E-state index in [1.165, 1.54) is 18.4 Å². The van der Waals surface area contributed by atoms with Gasteiger partial charge in [0.1, 0.15) is 11.9 Å². The van der Waals surface area contributed by atoms with E-state index in [2.05, 4.69) is 32.9 Å². The Morgan fingerprint density at radius 3 is 2.50 bits per heavy atom. The van der Waals surface area contributed by atoms with Gasteiger partial charge in [0.2, 0.25) is 0 Å². The number of hydrogen-bond donors (Lipinski definition) is 1. The summed E-state index contributed by atoms with van der Waals surface area (Å²) >= 11 is 0. The lowest BCUT2D eigenvalue weighted by atomic mass is 9.83. The minimum Gasteiger partial charge on any atom is -0.488 e. The second-order valence-electron chi connectivity index (χ2n) is 6.42. The third-order valence-corrected chi connectivity index (χ3v) is 4.40. The third kappa shape index (κ3) is 3.99. The van der Waals surface area contributed by atoms with Crippen molar-refractivity contribution in [3.63, 3.8) is 0 Å². The number of ether oxygens (including phenoxy) is 1. The minimum atomic E-state index is -0.312. The molecule has 3 unspecified atom stereocenters. The van der Waals surface area contributed by atoms with Crippen LogP contribution in [0, 0.1) is 5.92 Å². The van der Waals surface area contributed by atoms with Crippen LogP contribution in [0.15, 0.2) is 24.3 Å². The van der Waals surface area contributed by atoms with Crippen molar-refractivity contribution in [2.24, 2.45) is 5.92 Å². The van der Waals surface area contributed by atoms with Crippen molar-refractivity contribution in [3.8, 4) is 5.75 Å². The van der Waals surface area contributed by atoms with Crippen molar-refractivity contribution in [2.45, 2.75) is 71.0 Å². The molecule has 112 valence electrons. The van der Waals surface area contributed by atoms with E-state index in [-0.39, 0.29) is 12.2 Å². The van der Waals surface area contributed by atoms with Crippen molar-refractivity contribution in [3.05, 3.63) is 29.8 Å². The topological polar surface area (TPSA) is 29.5 Å². The van der Waals surface area contributed by atoms with Crippen LogP contribution in [0.5, 0.6) is 5.75 Å². The van der Waals surface area contributed by atoms with E-state index in [0.29, 0.717) is 11.8 Å². The summed E-state index contributed by atoms with van der Waals surface area (Å²) in [4.78, 5) is 0. The van der Waals surface area contributed by atoms with Crippen LogP contribution in [-0.2, 0) is 0 Å². The molecule has 1 aliphatic carbocycles. The highest BCUT2D eigenvalue weighted by molar-refractivity contribution is 5.29. The molecular weight excluding hydrogens is 248 g/mol. The Morgan fingerprint density at radius 2 is 1.90 bits per heavy atom. The van der Waals surface area contributed by atoms with Gasteiger partial charge in [-0.2, -0.15) is 0 Å². The van der Waals surface area contributed by atoms with E-state index in [4.69, 9.17) is 4.74 Å². The maximum Gasteiger partial charge on any atom is 0.125 e. The molecule has 2 nitrogen and oxygen atoms in total. The van der Waals surface area contributed by atoms with Crippen LogP contribution in [0.4, 0.5) is 0 Å². The molecule has 1 fully saturated rings. The molecule has 2 rings (SSSR count). The Labute approximate surface area is 123 Å². The van der Waals surface area contributed by atoms with Crippen molar-refractivity contribution >= 4 is 0 Å². The van der Waals surface area contributed by atoms with E-state index < -0.39 is 0 Å². The van der Waals surface area contributed by atoms with Crippen LogP contribution < -0.4 is 4.74 Å². The average Bonchev–Trinajstić information content (AvgIpc) is 2.43. The molecule has 0 bridgehead atoms. The quantitative estimate of drug-likeness (QED) is 0.857. The number of benzene rings is 1. The lowest BCUT2D eigenvalue weighted by Gasteiger charge is -2.33. The molecule has 3 atom stereocenters.